The van der Waals surface area contributed by atoms with Crippen LogP contribution in [0.1, 0.15) is 16.7 Å². The van der Waals surface area contributed by atoms with Crippen molar-refractivity contribution in [3.8, 4) is 0 Å². The van der Waals surface area contributed by atoms with Gasteiger partial charge >= 0.3 is 0 Å². The van der Waals surface area contributed by atoms with Gasteiger partial charge in [-0.15, -0.1) is 0 Å². The first kappa shape index (κ1) is 15.8. The lowest BCUT2D eigenvalue weighted by molar-refractivity contribution is 0.248. The SMILES string of the molecule is Clc1ccccc1CN(Cc1ccccc1)Cc1ccccc1. The molecule has 2 heteroatoms. The van der Waals surface area contributed by atoms with Crippen molar-refractivity contribution in [1.29, 1.82) is 0 Å². The summed E-state index contributed by atoms with van der Waals surface area (Å²) in [6.45, 7) is 2.64. The summed E-state index contributed by atoms with van der Waals surface area (Å²) in [5.74, 6) is 0. The molecule has 0 aromatic heterocycles. The van der Waals surface area contributed by atoms with E-state index in [2.05, 4.69) is 71.6 Å². The quantitative estimate of drug-likeness (QED) is 0.576. The fourth-order valence-corrected chi connectivity index (χ4v) is 2.91. The van der Waals surface area contributed by atoms with Crippen molar-refractivity contribution in [2.45, 2.75) is 19.6 Å². The van der Waals surface area contributed by atoms with E-state index in [-0.39, 0.29) is 0 Å². The molecule has 0 unspecified atom stereocenters. The topological polar surface area (TPSA) is 3.24 Å². The molecule has 0 saturated heterocycles. The first-order valence-corrected chi connectivity index (χ1v) is 8.23. The average Bonchev–Trinajstić information content (AvgIpc) is 2.59. The molecule has 0 aliphatic rings. The Bertz CT molecular complexity index is 684. The van der Waals surface area contributed by atoms with E-state index in [4.69, 9.17) is 11.6 Å². The highest BCUT2D eigenvalue weighted by molar-refractivity contribution is 6.31. The summed E-state index contributed by atoms with van der Waals surface area (Å²) in [6.07, 6.45) is 0. The minimum absolute atomic E-state index is 0.832. The second-order valence-corrected chi connectivity index (χ2v) is 6.11. The first-order valence-electron chi connectivity index (χ1n) is 7.85. The minimum atomic E-state index is 0.832. The van der Waals surface area contributed by atoms with Crippen molar-refractivity contribution < 1.29 is 0 Å². The molecule has 0 amide bonds. The van der Waals surface area contributed by atoms with Gasteiger partial charge in [-0.2, -0.15) is 0 Å². The highest BCUT2D eigenvalue weighted by atomic mass is 35.5. The number of rotatable bonds is 6. The highest BCUT2D eigenvalue weighted by Gasteiger charge is 2.10. The monoisotopic (exact) mass is 321 g/mol. The Balaban J connectivity index is 1.79. The Morgan fingerprint density at radius 3 is 1.57 bits per heavy atom. The number of hydrogen-bond acceptors (Lipinski definition) is 1. The molecule has 1 nitrogen and oxygen atoms in total. The van der Waals surface area contributed by atoms with E-state index in [9.17, 15) is 0 Å². The lowest BCUT2D eigenvalue weighted by atomic mass is 10.1. The molecule has 0 heterocycles. The van der Waals surface area contributed by atoms with Crippen LogP contribution in [0.25, 0.3) is 0 Å². The third-order valence-electron chi connectivity index (χ3n) is 3.85. The molecule has 3 aromatic rings. The van der Waals surface area contributed by atoms with Crippen molar-refractivity contribution in [3.63, 3.8) is 0 Å². The summed E-state index contributed by atoms with van der Waals surface area (Å²) in [7, 11) is 0. The van der Waals surface area contributed by atoms with Gasteiger partial charge in [-0.05, 0) is 22.8 Å². The molecule has 116 valence electrons. The van der Waals surface area contributed by atoms with E-state index in [0.717, 1.165) is 24.7 Å². The molecule has 0 aliphatic heterocycles. The van der Waals surface area contributed by atoms with Crippen LogP contribution in [0.3, 0.4) is 0 Å². The van der Waals surface area contributed by atoms with E-state index >= 15 is 0 Å². The minimum Gasteiger partial charge on any atom is -0.291 e. The Morgan fingerprint density at radius 1 is 0.565 bits per heavy atom. The Labute approximate surface area is 143 Å². The standard InChI is InChI=1S/C21H20ClN/c22-21-14-8-7-13-20(21)17-23(15-18-9-3-1-4-10-18)16-19-11-5-2-6-12-19/h1-14H,15-17H2. The second-order valence-electron chi connectivity index (χ2n) is 5.71. The smallest absolute Gasteiger partial charge is 0.0451 e. The van der Waals surface area contributed by atoms with Gasteiger partial charge in [-0.3, -0.25) is 4.90 Å². The summed E-state index contributed by atoms with van der Waals surface area (Å²) in [5.41, 5.74) is 3.80. The van der Waals surface area contributed by atoms with Crippen LogP contribution in [-0.4, -0.2) is 4.90 Å². The van der Waals surface area contributed by atoms with Crippen molar-refractivity contribution in [1.82, 2.24) is 4.90 Å². The molecule has 3 aromatic carbocycles. The maximum Gasteiger partial charge on any atom is 0.0451 e. The summed E-state index contributed by atoms with van der Waals surface area (Å²) in [5, 5.41) is 0.832. The number of nitrogens with zero attached hydrogens (tertiary/aromatic N) is 1. The van der Waals surface area contributed by atoms with Crippen molar-refractivity contribution in [2.75, 3.05) is 0 Å². The maximum atomic E-state index is 6.35. The lowest BCUT2D eigenvalue weighted by Crippen LogP contribution is -2.22. The Hall–Kier alpha value is -2.09. The van der Waals surface area contributed by atoms with Crippen LogP contribution in [0.4, 0.5) is 0 Å². The molecular formula is C21H20ClN. The van der Waals surface area contributed by atoms with Crippen LogP contribution < -0.4 is 0 Å². The van der Waals surface area contributed by atoms with Crippen molar-refractivity contribution >= 4 is 11.6 Å². The average molecular weight is 322 g/mol. The highest BCUT2D eigenvalue weighted by Crippen LogP contribution is 2.20. The second kappa shape index (κ2) is 7.96. The number of halogens is 1. The van der Waals surface area contributed by atoms with Gasteiger partial charge in [-0.25, -0.2) is 0 Å². The van der Waals surface area contributed by atoms with Gasteiger partial charge in [0.25, 0.3) is 0 Å². The number of hydrogen-bond donors (Lipinski definition) is 0. The zero-order valence-corrected chi connectivity index (χ0v) is 13.8. The molecule has 0 saturated carbocycles. The van der Waals surface area contributed by atoms with Gasteiger partial charge in [0.05, 0.1) is 0 Å². The molecule has 3 rings (SSSR count). The molecule has 0 bridgehead atoms. The first-order chi connectivity index (χ1) is 11.3. The third kappa shape index (κ3) is 4.69. The van der Waals surface area contributed by atoms with Crippen LogP contribution in [0.2, 0.25) is 5.02 Å². The third-order valence-corrected chi connectivity index (χ3v) is 4.22. The molecule has 0 radical (unpaired) electrons. The zero-order valence-electron chi connectivity index (χ0n) is 13.0. The normalized spacial score (nSPS) is 10.9. The van der Waals surface area contributed by atoms with E-state index in [1.807, 2.05) is 18.2 Å². The molecular weight excluding hydrogens is 302 g/mol. The van der Waals surface area contributed by atoms with E-state index < -0.39 is 0 Å². The summed E-state index contributed by atoms with van der Waals surface area (Å²) < 4.78 is 0. The summed E-state index contributed by atoms with van der Waals surface area (Å²) in [6, 6.07) is 29.2. The number of benzene rings is 3. The maximum absolute atomic E-state index is 6.35. The molecule has 0 spiro atoms. The van der Waals surface area contributed by atoms with E-state index in [1.54, 1.807) is 0 Å². The van der Waals surface area contributed by atoms with Crippen LogP contribution in [0.5, 0.6) is 0 Å². The zero-order chi connectivity index (χ0) is 15.9. The molecule has 0 aliphatic carbocycles. The van der Waals surface area contributed by atoms with Gasteiger partial charge < -0.3 is 0 Å². The van der Waals surface area contributed by atoms with Gasteiger partial charge in [0.15, 0.2) is 0 Å². The lowest BCUT2D eigenvalue weighted by Gasteiger charge is -2.23. The van der Waals surface area contributed by atoms with Crippen LogP contribution in [0.15, 0.2) is 84.9 Å². The largest absolute Gasteiger partial charge is 0.291 e. The molecule has 0 atom stereocenters. The van der Waals surface area contributed by atoms with Gasteiger partial charge in [0.2, 0.25) is 0 Å². The Morgan fingerprint density at radius 2 is 1.04 bits per heavy atom. The fourth-order valence-electron chi connectivity index (χ4n) is 2.72. The van der Waals surface area contributed by atoms with Crippen LogP contribution in [-0.2, 0) is 19.6 Å². The predicted octanol–water partition coefficient (Wildman–Crippen LogP) is 5.54. The van der Waals surface area contributed by atoms with Gasteiger partial charge in [-0.1, -0.05) is 90.5 Å². The fraction of sp³-hybridized carbons (Fsp3) is 0.143. The molecule has 23 heavy (non-hydrogen) atoms. The summed E-state index contributed by atoms with van der Waals surface area (Å²) in [4.78, 5) is 2.42. The predicted molar refractivity (Wildman–Crippen MR) is 97.3 cm³/mol. The van der Waals surface area contributed by atoms with Crippen LogP contribution >= 0.6 is 11.6 Å². The van der Waals surface area contributed by atoms with Crippen molar-refractivity contribution in [3.05, 3.63) is 107 Å². The van der Waals surface area contributed by atoms with E-state index in [0.29, 0.717) is 0 Å². The van der Waals surface area contributed by atoms with Crippen LogP contribution in [0, 0.1) is 0 Å². The molecule has 0 fully saturated rings. The van der Waals surface area contributed by atoms with Gasteiger partial charge in [0, 0.05) is 24.7 Å². The molecule has 0 N–H and O–H groups in total. The van der Waals surface area contributed by atoms with E-state index in [1.165, 1.54) is 16.7 Å². The van der Waals surface area contributed by atoms with Crippen molar-refractivity contribution in [2.24, 2.45) is 0 Å². The summed E-state index contributed by atoms with van der Waals surface area (Å²) >= 11 is 6.35. The Kier molecular flexibility index (Phi) is 5.46. The van der Waals surface area contributed by atoms with Gasteiger partial charge in [0.1, 0.15) is 0 Å².